The maximum Gasteiger partial charge on any atom is 0.264 e. The van der Waals surface area contributed by atoms with E-state index in [9.17, 15) is 13.2 Å². The van der Waals surface area contributed by atoms with Crippen molar-refractivity contribution in [1.82, 2.24) is 4.72 Å². The van der Waals surface area contributed by atoms with Crippen molar-refractivity contribution in [1.29, 1.82) is 0 Å². The number of sulfonamides is 1. The van der Waals surface area contributed by atoms with Crippen LogP contribution in [0.4, 0.5) is 0 Å². The number of hydrogen-bond acceptors (Lipinski definition) is 3. The fourth-order valence-corrected chi connectivity index (χ4v) is 1.86. The minimum Gasteiger partial charge on any atom is -0.274 e. The normalized spacial score (nSPS) is 8.37. The van der Waals surface area contributed by atoms with E-state index in [0.29, 0.717) is 0 Å². The van der Waals surface area contributed by atoms with E-state index in [1.807, 2.05) is 46.3 Å². The molecular weight excluding hydrogens is 262 g/mol. The Morgan fingerprint density at radius 2 is 1.32 bits per heavy atom. The molecule has 0 heterocycles. The molecule has 19 heavy (non-hydrogen) atoms. The van der Waals surface area contributed by atoms with Crippen LogP contribution in [0, 0.1) is 0 Å². The van der Waals surface area contributed by atoms with Crippen molar-refractivity contribution in [2.24, 2.45) is 0 Å². The van der Waals surface area contributed by atoms with Gasteiger partial charge in [-0.1, -0.05) is 59.7 Å². The average Bonchev–Trinajstić information content (AvgIpc) is 2.45. The molecule has 4 nitrogen and oxygen atoms in total. The fraction of sp³-hybridized carbons (Fsp3) is 0.500. The third kappa shape index (κ3) is 11.5. The molecule has 0 radical (unpaired) electrons. The van der Waals surface area contributed by atoms with E-state index in [-0.39, 0.29) is 6.32 Å². The van der Waals surface area contributed by atoms with Gasteiger partial charge in [0.25, 0.3) is 10.0 Å². The first kappa shape index (κ1) is 22.8. The molecule has 0 aromatic heterocycles. The van der Waals surface area contributed by atoms with Crippen LogP contribution < -0.4 is 4.72 Å². The summed E-state index contributed by atoms with van der Waals surface area (Å²) in [5.74, 6) is -0.594. The number of hydrogen-bond donors (Lipinski definition) is 1. The Morgan fingerprint density at radius 1 is 0.947 bits per heavy atom. The monoisotopic (exact) mass is 291 g/mol. The van der Waals surface area contributed by atoms with Crippen LogP contribution in [0.3, 0.4) is 0 Å². The molecule has 0 bridgehead atoms. The molecule has 0 aliphatic carbocycles. The Kier molecular flexibility index (Phi) is 17.6. The quantitative estimate of drug-likeness (QED) is 0.900. The predicted molar refractivity (Wildman–Crippen MR) is 83.6 cm³/mol. The molecule has 0 saturated carbocycles. The molecule has 1 aromatic rings. The van der Waals surface area contributed by atoms with Gasteiger partial charge in [-0.25, -0.2) is 13.1 Å². The Morgan fingerprint density at radius 3 is 1.63 bits per heavy atom. The first-order valence-corrected chi connectivity index (χ1v) is 8.09. The molecular formula is C14H29NO3S. The molecule has 0 saturated heterocycles. The van der Waals surface area contributed by atoms with Crippen molar-refractivity contribution < 1.29 is 14.6 Å². The van der Waals surface area contributed by atoms with E-state index in [1.165, 1.54) is 12.1 Å². The molecule has 0 atom stereocenters. The summed E-state index contributed by atoms with van der Waals surface area (Å²) in [6.45, 7) is 13.2. The van der Waals surface area contributed by atoms with E-state index >= 15 is 0 Å². The molecule has 0 spiro atoms. The summed E-state index contributed by atoms with van der Waals surface area (Å²) >= 11 is 0. The summed E-state index contributed by atoms with van der Waals surface area (Å²) in [7, 11) is -3.66. The minimum absolute atomic E-state index is 0. The highest BCUT2D eigenvalue weighted by Crippen LogP contribution is 2.06. The number of carbonyl (C=O) groups is 1. The van der Waals surface area contributed by atoms with Gasteiger partial charge in [-0.15, -0.1) is 0 Å². The highest BCUT2D eigenvalue weighted by atomic mass is 32.2. The lowest BCUT2D eigenvalue weighted by Crippen LogP contribution is -2.27. The van der Waals surface area contributed by atoms with Gasteiger partial charge in [0.15, 0.2) is 0 Å². The number of amides is 1. The molecule has 5 heteroatoms. The van der Waals surface area contributed by atoms with Crippen molar-refractivity contribution in [2.75, 3.05) is 0 Å². The molecule has 0 fully saturated rings. The maximum atomic E-state index is 11.3. The third-order valence-electron chi connectivity index (χ3n) is 1.33. The fourth-order valence-electron chi connectivity index (χ4n) is 0.848. The zero-order chi connectivity index (χ0) is 15.9. The molecule has 114 valence electrons. The van der Waals surface area contributed by atoms with Gasteiger partial charge < -0.3 is 0 Å². The Hall–Kier alpha value is -1.36. The van der Waals surface area contributed by atoms with E-state index in [0.717, 1.165) is 6.92 Å². The topological polar surface area (TPSA) is 63.2 Å². The highest BCUT2D eigenvalue weighted by Gasteiger charge is 2.13. The molecule has 1 rings (SSSR count). The summed E-state index contributed by atoms with van der Waals surface area (Å²) in [6.07, 6.45) is 0. The Bertz CT molecular complexity index is 406. The second-order valence-electron chi connectivity index (χ2n) is 2.47. The van der Waals surface area contributed by atoms with E-state index < -0.39 is 15.9 Å². The van der Waals surface area contributed by atoms with Crippen LogP contribution in [-0.2, 0) is 14.8 Å². The second kappa shape index (κ2) is 14.7. The van der Waals surface area contributed by atoms with Crippen LogP contribution in [-0.4, -0.2) is 14.3 Å². The smallest absolute Gasteiger partial charge is 0.264 e. The predicted octanol–water partition coefficient (Wildman–Crippen LogP) is 3.84. The SMILES string of the molecule is CC.CC.CC.CC(=O)NS(=O)(=O)c1ccccc1.[HH]. The van der Waals surface area contributed by atoms with E-state index in [1.54, 1.807) is 18.2 Å². The summed E-state index contributed by atoms with van der Waals surface area (Å²) in [4.78, 5) is 10.6. The summed E-state index contributed by atoms with van der Waals surface area (Å²) < 4.78 is 24.5. The van der Waals surface area contributed by atoms with Crippen molar-refractivity contribution in [3.05, 3.63) is 30.3 Å². The lowest BCUT2D eigenvalue weighted by atomic mass is 10.4. The second-order valence-corrected chi connectivity index (χ2v) is 4.16. The van der Waals surface area contributed by atoms with Crippen LogP contribution in [0.5, 0.6) is 0 Å². The van der Waals surface area contributed by atoms with Gasteiger partial charge in [-0.05, 0) is 12.1 Å². The van der Waals surface area contributed by atoms with Crippen molar-refractivity contribution in [3.8, 4) is 0 Å². The molecule has 1 aromatic carbocycles. The first-order valence-electron chi connectivity index (χ1n) is 6.61. The van der Waals surface area contributed by atoms with Gasteiger partial charge in [-0.3, -0.25) is 4.79 Å². The largest absolute Gasteiger partial charge is 0.274 e. The number of nitrogens with one attached hydrogen (secondary N) is 1. The van der Waals surface area contributed by atoms with Crippen molar-refractivity contribution >= 4 is 15.9 Å². The first-order chi connectivity index (χ1) is 9.02. The Balaban J connectivity index is -0.000000162. The zero-order valence-electron chi connectivity index (χ0n) is 13.0. The summed E-state index contributed by atoms with van der Waals surface area (Å²) in [5, 5.41) is 0. The van der Waals surface area contributed by atoms with Crippen LogP contribution in [0.25, 0.3) is 0 Å². The summed E-state index contributed by atoms with van der Waals surface area (Å²) in [5.41, 5.74) is 0. The molecule has 0 aliphatic rings. The van der Waals surface area contributed by atoms with Crippen LogP contribution in [0.2, 0.25) is 0 Å². The molecule has 1 amide bonds. The number of rotatable bonds is 2. The lowest BCUT2D eigenvalue weighted by molar-refractivity contribution is -0.117. The van der Waals surface area contributed by atoms with Gasteiger partial charge in [0.2, 0.25) is 5.91 Å². The highest BCUT2D eigenvalue weighted by molar-refractivity contribution is 7.90. The van der Waals surface area contributed by atoms with Gasteiger partial charge in [0.1, 0.15) is 0 Å². The molecule has 1 N–H and O–H groups in total. The van der Waals surface area contributed by atoms with Gasteiger partial charge in [0, 0.05) is 8.35 Å². The minimum atomic E-state index is -3.66. The average molecular weight is 291 g/mol. The third-order valence-corrected chi connectivity index (χ3v) is 2.78. The number of benzene rings is 1. The van der Waals surface area contributed by atoms with Crippen molar-refractivity contribution in [3.63, 3.8) is 0 Å². The van der Waals surface area contributed by atoms with Crippen LogP contribution in [0.15, 0.2) is 35.2 Å². The van der Waals surface area contributed by atoms with E-state index in [4.69, 9.17) is 0 Å². The molecule has 0 aliphatic heterocycles. The zero-order valence-corrected chi connectivity index (χ0v) is 13.8. The van der Waals surface area contributed by atoms with Crippen LogP contribution >= 0.6 is 0 Å². The number of carbonyl (C=O) groups excluding carboxylic acids is 1. The van der Waals surface area contributed by atoms with Crippen LogP contribution in [0.1, 0.15) is 49.9 Å². The summed E-state index contributed by atoms with van der Waals surface area (Å²) in [6, 6.07) is 7.73. The van der Waals surface area contributed by atoms with E-state index in [2.05, 4.69) is 0 Å². The van der Waals surface area contributed by atoms with Crippen molar-refractivity contribution in [2.45, 2.75) is 53.4 Å². The van der Waals surface area contributed by atoms with Gasteiger partial charge in [-0.2, -0.15) is 0 Å². The standard InChI is InChI=1S/C8H9NO3S.3C2H6.H2/c1-7(10)9-13(11,12)8-5-3-2-4-6-8;3*1-2;/h2-6H,1H3,(H,9,10);3*1-2H3;1H. The Labute approximate surface area is 119 Å². The lowest BCUT2D eigenvalue weighted by Gasteiger charge is -2.02. The molecule has 0 unspecified atom stereocenters. The maximum absolute atomic E-state index is 11.3. The van der Waals surface area contributed by atoms with Gasteiger partial charge in [0.05, 0.1) is 4.90 Å². The van der Waals surface area contributed by atoms with Gasteiger partial charge >= 0.3 is 0 Å².